The summed E-state index contributed by atoms with van der Waals surface area (Å²) < 4.78 is 11.1. The van der Waals surface area contributed by atoms with Crippen molar-refractivity contribution < 1.29 is 19.1 Å². The van der Waals surface area contributed by atoms with E-state index in [0.717, 1.165) is 22.1 Å². The van der Waals surface area contributed by atoms with E-state index in [1.165, 1.54) is 4.90 Å². The lowest BCUT2D eigenvalue weighted by Crippen LogP contribution is -2.41. The Morgan fingerprint density at radius 3 is 2.30 bits per heavy atom. The van der Waals surface area contributed by atoms with Gasteiger partial charge in [0.1, 0.15) is 23.6 Å². The van der Waals surface area contributed by atoms with Gasteiger partial charge in [0.05, 0.1) is 13.2 Å². The van der Waals surface area contributed by atoms with E-state index >= 15 is 0 Å². The van der Waals surface area contributed by atoms with Crippen LogP contribution < -0.4 is 14.8 Å². The molecule has 0 aromatic heterocycles. The van der Waals surface area contributed by atoms with Crippen LogP contribution in [0.2, 0.25) is 0 Å². The number of hydrogen-bond acceptors (Lipinski definition) is 4. The average Bonchev–Trinajstić information content (AvgIpc) is 2.98. The summed E-state index contributed by atoms with van der Waals surface area (Å²) in [6, 6.07) is 20.5. The molecular formula is C24H24N2O4. The zero-order chi connectivity index (χ0) is 21.1. The highest BCUT2D eigenvalue weighted by Crippen LogP contribution is 2.33. The minimum Gasteiger partial charge on any atom is -0.494 e. The fraction of sp³-hybridized carbons (Fsp3) is 0.250. The van der Waals surface area contributed by atoms with Crippen molar-refractivity contribution in [3.63, 3.8) is 0 Å². The molecule has 1 aliphatic heterocycles. The largest absolute Gasteiger partial charge is 0.494 e. The second-order valence-electron chi connectivity index (χ2n) is 7.29. The molecule has 0 aliphatic carbocycles. The molecule has 1 heterocycles. The van der Waals surface area contributed by atoms with Gasteiger partial charge in [0.2, 0.25) is 0 Å². The van der Waals surface area contributed by atoms with Crippen molar-refractivity contribution in [3.05, 3.63) is 72.3 Å². The van der Waals surface area contributed by atoms with Crippen LogP contribution in [0.25, 0.3) is 10.8 Å². The van der Waals surface area contributed by atoms with E-state index in [1.54, 1.807) is 19.1 Å². The predicted octanol–water partition coefficient (Wildman–Crippen LogP) is 4.08. The number of ether oxygens (including phenoxy) is 2. The minimum absolute atomic E-state index is 0.165. The van der Waals surface area contributed by atoms with Gasteiger partial charge in [-0.3, -0.25) is 9.69 Å². The van der Waals surface area contributed by atoms with Crippen molar-refractivity contribution >= 4 is 22.7 Å². The average molecular weight is 404 g/mol. The van der Waals surface area contributed by atoms with Crippen molar-refractivity contribution in [1.29, 1.82) is 0 Å². The first-order valence-corrected chi connectivity index (χ1v) is 10.0. The minimum atomic E-state index is -1.11. The molecule has 0 bridgehead atoms. The molecule has 1 fully saturated rings. The standard InChI is InChI=1S/C24H24N2O4/c1-3-29-18-11-13-19(14-12-18)30-16-15-26-22(27)24(2,25-23(26)28)21-10-6-8-17-7-4-5-9-20(17)21/h4-14H,3,15-16H2,1-2H3,(H,25,28)/t24-/m1/s1. The normalized spacial score (nSPS) is 18.5. The molecule has 6 nitrogen and oxygen atoms in total. The van der Waals surface area contributed by atoms with Gasteiger partial charge in [-0.2, -0.15) is 0 Å². The summed E-state index contributed by atoms with van der Waals surface area (Å²) in [6.07, 6.45) is 0. The Balaban J connectivity index is 1.47. The summed E-state index contributed by atoms with van der Waals surface area (Å²) in [7, 11) is 0. The van der Waals surface area contributed by atoms with E-state index in [2.05, 4.69) is 5.32 Å². The van der Waals surface area contributed by atoms with E-state index in [-0.39, 0.29) is 19.1 Å². The fourth-order valence-electron chi connectivity index (χ4n) is 3.80. The quantitative estimate of drug-likeness (QED) is 0.603. The van der Waals surface area contributed by atoms with E-state index in [0.29, 0.717) is 12.4 Å². The third kappa shape index (κ3) is 3.56. The van der Waals surface area contributed by atoms with Gasteiger partial charge in [0.25, 0.3) is 5.91 Å². The number of nitrogens with zero attached hydrogens (tertiary/aromatic N) is 1. The van der Waals surface area contributed by atoms with Crippen LogP contribution in [0.15, 0.2) is 66.7 Å². The Morgan fingerprint density at radius 1 is 0.900 bits per heavy atom. The number of imide groups is 1. The van der Waals surface area contributed by atoms with Crippen molar-refractivity contribution in [2.24, 2.45) is 0 Å². The number of rotatable bonds is 7. The second kappa shape index (κ2) is 8.06. The number of nitrogens with one attached hydrogen (secondary N) is 1. The van der Waals surface area contributed by atoms with E-state index < -0.39 is 11.6 Å². The molecule has 30 heavy (non-hydrogen) atoms. The summed E-state index contributed by atoms with van der Waals surface area (Å²) >= 11 is 0. The maximum absolute atomic E-state index is 13.2. The van der Waals surface area contributed by atoms with Gasteiger partial charge >= 0.3 is 6.03 Å². The fourth-order valence-corrected chi connectivity index (χ4v) is 3.80. The molecule has 6 heteroatoms. The summed E-state index contributed by atoms with van der Waals surface area (Å²) in [5.74, 6) is 1.14. The lowest BCUT2D eigenvalue weighted by atomic mass is 9.88. The Labute approximate surface area is 175 Å². The summed E-state index contributed by atoms with van der Waals surface area (Å²) in [5.41, 5.74) is -0.328. The van der Waals surface area contributed by atoms with Gasteiger partial charge in [0.15, 0.2) is 0 Å². The summed E-state index contributed by atoms with van der Waals surface area (Å²) in [4.78, 5) is 27.0. The molecule has 3 aromatic carbocycles. The maximum atomic E-state index is 13.2. The van der Waals surface area contributed by atoms with Crippen LogP contribution in [0.1, 0.15) is 19.4 Å². The molecule has 0 radical (unpaired) electrons. The number of fused-ring (bicyclic) bond motifs is 1. The Morgan fingerprint density at radius 2 is 1.57 bits per heavy atom. The van der Waals surface area contributed by atoms with Crippen molar-refractivity contribution in [2.45, 2.75) is 19.4 Å². The third-order valence-corrected chi connectivity index (χ3v) is 5.32. The number of urea groups is 1. The van der Waals surface area contributed by atoms with Crippen molar-refractivity contribution in [1.82, 2.24) is 10.2 Å². The van der Waals surface area contributed by atoms with Crippen LogP contribution in [0, 0.1) is 0 Å². The van der Waals surface area contributed by atoms with Crippen molar-refractivity contribution in [2.75, 3.05) is 19.8 Å². The maximum Gasteiger partial charge on any atom is 0.325 e. The summed E-state index contributed by atoms with van der Waals surface area (Å²) in [6.45, 7) is 4.65. The highest BCUT2D eigenvalue weighted by Gasteiger charge is 2.49. The lowest BCUT2D eigenvalue weighted by Gasteiger charge is -2.24. The van der Waals surface area contributed by atoms with Gasteiger partial charge in [-0.05, 0) is 54.4 Å². The molecule has 0 spiro atoms. The molecular weight excluding hydrogens is 380 g/mol. The van der Waals surface area contributed by atoms with Gasteiger partial charge < -0.3 is 14.8 Å². The number of benzene rings is 3. The molecule has 3 aromatic rings. The zero-order valence-corrected chi connectivity index (χ0v) is 17.1. The monoisotopic (exact) mass is 404 g/mol. The van der Waals surface area contributed by atoms with Crippen LogP contribution in [-0.2, 0) is 10.3 Å². The third-order valence-electron chi connectivity index (χ3n) is 5.32. The van der Waals surface area contributed by atoms with E-state index in [4.69, 9.17) is 9.47 Å². The first kappa shape index (κ1) is 19.8. The first-order valence-electron chi connectivity index (χ1n) is 10.0. The number of hydrogen-bond donors (Lipinski definition) is 1. The van der Waals surface area contributed by atoms with Crippen molar-refractivity contribution in [3.8, 4) is 11.5 Å². The Bertz CT molecular complexity index is 1070. The number of carbonyl (C=O) groups excluding carboxylic acids is 2. The molecule has 1 atom stereocenters. The molecule has 1 saturated heterocycles. The molecule has 0 saturated carbocycles. The SMILES string of the molecule is CCOc1ccc(OCCN2C(=O)N[C@](C)(c3cccc4ccccc34)C2=O)cc1. The van der Waals surface area contributed by atoms with Gasteiger partial charge in [-0.15, -0.1) is 0 Å². The molecule has 1 N–H and O–H groups in total. The van der Waals surface area contributed by atoms with E-state index in [9.17, 15) is 9.59 Å². The zero-order valence-electron chi connectivity index (χ0n) is 17.1. The van der Waals surface area contributed by atoms with Crippen LogP contribution in [0.4, 0.5) is 4.79 Å². The van der Waals surface area contributed by atoms with Crippen LogP contribution in [-0.4, -0.2) is 36.6 Å². The first-order chi connectivity index (χ1) is 14.5. The molecule has 0 unspecified atom stereocenters. The Hall–Kier alpha value is -3.54. The molecule has 1 aliphatic rings. The van der Waals surface area contributed by atoms with Gasteiger partial charge in [-0.25, -0.2) is 4.79 Å². The van der Waals surface area contributed by atoms with Crippen LogP contribution in [0.3, 0.4) is 0 Å². The van der Waals surface area contributed by atoms with Gasteiger partial charge in [-0.1, -0.05) is 42.5 Å². The highest BCUT2D eigenvalue weighted by atomic mass is 16.5. The number of carbonyl (C=O) groups is 2. The van der Waals surface area contributed by atoms with Crippen LogP contribution in [0.5, 0.6) is 11.5 Å². The second-order valence-corrected chi connectivity index (χ2v) is 7.29. The smallest absolute Gasteiger partial charge is 0.325 e. The molecule has 3 amide bonds. The summed E-state index contributed by atoms with van der Waals surface area (Å²) in [5, 5.41) is 4.85. The Kier molecular flexibility index (Phi) is 5.31. The van der Waals surface area contributed by atoms with Gasteiger partial charge in [0, 0.05) is 0 Å². The molecule has 154 valence electrons. The van der Waals surface area contributed by atoms with E-state index in [1.807, 2.05) is 61.5 Å². The van der Waals surface area contributed by atoms with Crippen LogP contribution >= 0.6 is 0 Å². The molecule has 4 rings (SSSR count). The number of amides is 3. The predicted molar refractivity (Wildman–Crippen MR) is 115 cm³/mol. The topological polar surface area (TPSA) is 67.9 Å². The lowest BCUT2D eigenvalue weighted by molar-refractivity contribution is -0.131. The highest BCUT2D eigenvalue weighted by molar-refractivity contribution is 6.09.